The maximum Gasteiger partial charge on any atom is 0.266 e. The van der Waals surface area contributed by atoms with Gasteiger partial charge in [0.2, 0.25) is 0 Å². The summed E-state index contributed by atoms with van der Waals surface area (Å²) in [4.78, 5) is 0. The molecule has 2 aliphatic carbocycles. The normalized spacial score (nSPS) is 52.7. The molecule has 0 radical (unpaired) electrons. The van der Waals surface area contributed by atoms with Gasteiger partial charge in [0.05, 0.1) is 0 Å². The molecule has 3 rings (SSSR count). The molecule has 10 heavy (non-hydrogen) atoms. The van der Waals surface area contributed by atoms with Crippen LogP contribution in [0.25, 0.3) is 0 Å². The van der Waals surface area contributed by atoms with Crippen molar-refractivity contribution in [2.75, 3.05) is 0 Å². The molecule has 3 atom stereocenters. The van der Waals surface area contributed by atoms with Crippen molar-refractivity contribution in [1.29, 1.82) is 0 Å². The molecule has 0 aromatic heterocycles. The highest BCUT2D eigenvalue weighted by atomic mass is 35.5. The summed E-state index contributed by atoms with van der Waals surface area (Å²) in [5.41, 5.74) is 0. The van der Waals surface area contributed by atoms with Gasteiger partial charge < -0.3 is 0 Å². The molecule has 1 unspecified atom stereocenters. The summed E-state index contributed by atoms with van der Waals surface area (Å²) in [7, 11) is 0. The second kappa shape index (κ2) is 1.40. The Hall–Kier alpha value is -0.110. The SMILES string of the molecule is ClC1(C2[C@H]3CCC[C@@H]23)N=N1. The van der Waals surface area contributed by atoms with Crippen LogP contribution in [-0.2, 0) is 0 Å². The van der Waals surface area contributed by atoms with Gasteiger partial charge in [0.25, 0.3) is 5.12 Å². The Bertz CT molecular complexity index is 198. The van der Waals surface area contributed by atoms with Crippen molar-refractivity contribution in [2.24, 2.45) is 28.0 Å². The van der Waals surface area contributed by atoms with E-state index in [2.05, 4.69) is 10.2 Å². The van der Waals surface area contributed by atoms with Gasteiger partial charge in [-0.1, -0.05) is 18.0 Å². The van der Waals surface area contributed by atoms with Crippen molar-refractivity contribution in [1.82, 2.24) is 0 Å². The van der Waals surface area contributed by atoms with Crippen LogP contribution in [0.5, 0.6) is 0 Å². The Morgan fingerprint density at radius 1 is 1.20 bits per heavy atom. The number of fused-ring (bicyclic) bond motifs is 1. The second-order valence-corrected chi connectivity index (χ2v) is 4.18. The average molecular weight is 157 g/mol. The van der Waals surface area contributed by atoms with Gasteiger partial charge in [-0.3, -0.25) is 0 Å². The average Bonchev–Trinajstić information content (AvgIpc) is 2.76. The van der Waals surface area contributed by atoms with E-state index in [1.54, 1.807) is 0 Å². The summed E-state index contributed by atoms with van der Waals surface area (Å²) in [6, 6.07) is 0. The fourth-order valence-electron chi connectivity index (χ4n) is 2.55. The largest absolute Gasteiger partial charge is 0.266 e. The molecular weight excluding hydrogens is 148 g/mol. The van der Waals surface area contributed by atoms with E-state index in [0.29, 0.717) is 5.92 Å². The molecule has 3 heteroatoms. The van der Waals surface area contributed by atoms with Crippen LogP contribution in [0.4, 0.5) is 0 Å². The summed E-state index contributed by atoms with van der Waals surface area (Å²) in [5, 5.41) is 7.32. The van der Waals surface area contributed by atoms with Crippen LogP contribution in [0.2, 0.25) is 0 Å². The van der Waals surface area contributed by atoms with Crippen molar-refractivity contribution in [2.45, 2.75) is 24.4 Å². The maximum absolute atomic E-state index is 6.01. The van der Waals surface area contributed by atoms with E-state index in [4.69, 9.17) is 11.6 Å². The van der Waals surface area contributed by atoms with E-state index in [0.717, 1.165) is 11.8 Å². The van der Waals surface area contributed by atoms with Crippen LogP contribution < -0.4 is 0 Å². The predicted octanol–water partition coefficient (Wildman–Crippen LogP) is 2.39. The molecule has 1 heterocycles. The molecule has 0 aromatic carbocycles. The number of halogens is 1. The predicted molar refractivity (Wildman–Crippen MR) is 37.8 cm³/mol. The van der Waals surface area contributed by atoms with Gasteiger partial charge in [0.1, 0.15) is 0 Å². The van der Waals surface area contributed by atoms with Crippen LogP contribution in [0.15, 0.2) is 10.2 Å². The lowest BCUT2D eigenvalue weighted by Gasteiger charge is -2.01. The third-order valence-electron chi connectivity index (χ3n) is 3.12. The zero-order valence-electron chi connectivity index (χ0n) is 5.63. The van der Waals surface area contributed by atoms with Crippen LogP contribution in [0.1, 0.15) is 19.3 Å². The molecule has 0 aromatic rings. The lowest BCUT2D eigenvalue weighted by Crippen LogP contribution is -2.07. The Balaban J connectivity index is 1.78. The monoisotopic (exact) mass is 156 g/mol. The molecule has 0 amide bonds. The first kappa shape index (κ1) is 5.53. The van der Waals surface area contributed by atoms with Gasteiger partial charge in [-0.2, -0.15) is 0 Å². The standard InChI is InChI=1S/C7H9ClN2/c8-7(9-10-7)6-4-2-1-3-5(4)6/h4-6H,1-3H2/t4-,5+,6?. The minimum absolute atomic E-state index is 0.421. The molecular formula is C7H9ClN2. The smallest absolute Gasteiger partial charge is 0.140 e. The third kappa shape index (κ3) is 0.518. The molecule has 0 saturated heterocycles. The van der Waals surface area contributed by atoms with E-state index in [9.17, 15) is 0 Å². The quantitative estimate of drug-likeness (QED) is 0.412. The zero-order chi connectivity index (χ0) is 6.77. The van der Waals surface area contributed by atoms with Crippen molar-refractivity contribution in [3.05, 3.63) is 0 Å². The van der Waals surface area contributed by atoms with Gasteiger partial charge in [-0.25, -0.2) is 0 Å². The van der Waals surface area contributed by atoms with Gasteiger partial charge in [0, 0.05) is 5.92 Å². The van der Waals surface area contributed by atoms with Gasteiger partial charge in [0.15, 0.2) is 0 Å². The Labute approximate surface area is 64.7 Å². The van der Waals surface area contributed by atoms with Gasteiger partial charge in [-0.05, 0) is 24.7 Å². The number of hydrogen-bond donors (Lipinski definition) is 0. The minimum atomic E-state index is -0.421. The number of rotatable bonds is 1. The lowest BCUT2D eigenvalue weighted by molar-refractivity contribution is 0.538. The molecule has 2 saturated carbocycles. The summed E-state index contributed by atoms with van der Waals surface area (Å²) in [6.07, 6.45) is 4.14. The first-order valence-electron chi connectivity index (χ1n) is 3.94. The van der Waals surface area contributed by atoms with Crippen LogP contribution >= 0.6 is 11.6 Å². The minimum Gasteiger partial charge on any atom is -0.140 e. The molecule has 2 nitrogen and oxygen atoms in total. The molecule has 0 spiro atoms. The van der Waals surface area contributed by atoms with Crippen LogP contribution in [0, 0.1) is 17.8 Å². The third-order valence-corrected chi connectivity index (χ3v) is 3.52. The van der Waals surface area contributed by atoms with Crippen LogP contribution in [0.3, 0.4) is 0 Å². The number of alkyl halides is 1. The second-order valence-electron chi connectivity index (χ2n) is 3.62. The highest BCUT2D eigenvalue weighted by molar-refractivity contribution is 6.25. The first-order chi connectivity index (χ1) is 4.81. The lowest BCUT2D eigenvalue weighted by atomic mass is 10.1. The van der Waals surface area contributed by atoms with Crippen molar-refractivity contribution >= 4 is 11.6 Å². The molecule has 3 aliphatic rings. The number of nitrogens with zero attached hydrogens (tertiary/aromatic N) is 2. The Kier molecular flexibility index (Phi) is 0.773. The summed E-state index contributed by atoms with van der Waals surface area (Å²) in [6.45, 7) is 0. The van der Waals surface area contributed by atoms with E-state index >= 15 is 0 Å². The molecule has 2 fully saturated rings. The van der Waals surface area contributed by atoms with Crippen molar-refractivity contribution < 1.29 is 0 Å². The van der Waals surface area contributed by atoms with E-state index < -0.39 is 5.12 Å². The molecule has 54 valence electrons. The van der Waals surface area contributed by atoms with Crippen molar-refractivity contribution in [3.8, 4) is 0 Å². The first-order valence-corrected chi connectivity index (χ1v) is 4.32. The number of hydrogen-bond acceptors (Lipinski definition) is 2. The Morgan fingerprint density at radius 3 is 2.30 bits per heavy atom. The summed E-state index contributed by atoms with van der Waals surface area (Å²) >= 11 is 6.01. The van der Waals surface area contributed by atoms with E-state index in [-0.39, 0.29) is 0 Å². The van der Waals surface area contributed by atoms with Crippen molar-refractivity contribution in [3.63, 3.8) is 0 Å². The highest BCUT2D eigenvalue weighted by Crippen LogP contribution is 2.67. The topological polar surface area (TPSA) is 24.7 Å². The summed E-state index contributed by atoms with van der Waals surface area (Å²) < 4.78 is 0. The molecule has 1 aliphatic heterocycles. The van der Waals surface area contributed by atoms with Gasteiger partial charge in [-0.15, -0.1) is 10.2 Å². The fourth-order valence-corrected chi connectivity index (χ4v) is 2.91. The fraction of sp³-hybridized carbons (Fsp3) is 1.00. The zero-order valence-corrected chi connectivity index (χ0v) is 6.38. The Morgan fingerprint density at radius 2 is 1.80 bits per heavy atom. The molecule has 0 bridgehead atoms. The molecule has 0 N–H and O–H groups in total. The highest BCUT2D eigenvalue weighted by Gasteiger charge is 2.66. The summed E-state index contributed by atoms with van der Waals surface area (Å²) in [5.74, 6) is 2.39. The van der Waals surface area contributed by atoms with Gasteiger partial charge >= 0.3 is 0 Å². The maximum atomic E-state index is 6.01. The van der Waals surface area contributed by atoms with E-state index in [1.807, 2.05) is 0 Å². The van der Waals surface area contributed by atoms with E-state index in [1.165, 1.54) is 19.3 Å². The van der Waals surface area contributed by atoms with Crippen LogP contribution in [-0.4, -0.2) is 5.12 Å².